The second-order valence-corrected chi connectivity index (χ2v) is 4.60. The van der Waals surface area contributed by atoms with Gasteiger partial charge in [0.25, 0.3) is 0 Å². The van der Waals surface area contributed by atoms with Crippen LogP contribution >= 0.6 is 0 Å². The van der Waals surface area contributed by atoms with Gasteiger partial charge in [0.1, 0.15) is 0 Å². The number of hydrogen-bond acceptors (Lipinski definition) is 3. The van der Waals surface area contributed by atoms with Crippen LogP contribution in [-0.4, -0.2) is 25.7 Å². The van der Waals surface area contributed by atoms with Gasteiger partial charge >= 0.3 is 0 Å². The highest BCUT2D eigenvalue weighted by atomic mass is 19.2. The van der Waals surface area contributed by atoms with Crippen molar-refractivity contribution >= 4 is 16.7 Å². The third-order valence-corrected chi connectivity index (χ3v) is 3.42. The minimum atomic E-state index is -0.842. The van der Waals surface area contributed by atoms with Crippen molar-refractivity contribution in [1.82, 2.24) is 5.32 Å². The summed E-state index contributed by atoms with van der Waals surface area (Å²) in [5.41, 5.74) is 1.05. The van der Waals surface area contributed by atoms with Crippen molar-refractivity contribution < 1.29 is 13.2 Å². The average molecular weight is 252 g/mol. The fourth-order valence-electron chi connectivity index (χ4n) is 2.47. The normalized spacial score (nSPS) is 20.6. The molecule has 96 valence electrons. The minimum absolute atomic E-state index is 0.204. The quantitative estimate of drug-likeness (QED) is 0.845. The lowest BCUT2D eigenvalue weighted by Crippen LogP contribution is -2.50. The van der Waals surface area contributed by atoms with Gasteiger partial charge in [-0.1, -0.05) is 0 Å². The monoisotopic (exact) mass is 252 g/mol. The zero-order valence-electron chi connectivity index (χ0n) is 10.0. The van der Waals surface area contributed by atoms with Gasteiger partial charge in [0.2, 0.25) is 0 Å². The molecule has 0 spiro atoms. The topological polar surface area (TPSA) is 28.4 Å². The first-order chi connectivity index (χ1) is 8.68. The number of halogens is 2. The van der Waals surface area contributed by atoms with Crippen LogP contribution in [0, 0.1) is 11.6 Å². The van der Waals surface area contributed by atoms with E-state index in [-0.39, 0.29) is 11.4 Å². The molecule has 0 bridgehead atoms. The lowest BCUT2D eigenvalue weighted by molar-refractivity contribution is 0.491. The lowest BCUT2D eigenvalue weighted by atomic mass is 10.1. The van der Waals surface area contributed by atoms with Crippen molar-refractivity contribution in [1.29, 1.82) is 0 Å². The van der Waals surface area contributed by atoms with Crippen LogP contribution in [0.15, 0.2) is 22.8 Å². The highest BCUT2D eigenvalue weighted by molar-refractivity contribution is 5.90. The highest BCUT2D eigenvalue weighted by Crippen LogP contribution is 2.33. The molecule has 0 saturated carbocycles. The maximum absolute atomic E-state index is 13.6. The summed E-state index contributed by atoms with van der Waals surface area (Å²) in [4.78, 5) is 2.05. The summed E-state index contributed by atoms with van der Waals surface area (Å²) in [6.07, 6.45) is 1.39. The van der Waals surface area contributed by atoms with Gasteiger partial charge in [0, 0.05) is 31.7 Å². The molecule has 1 aliphatic heterocycles. The molecule has 0 amide bonds. The number of furan rings is 1. The van der Waals surface area contributed by atoms with E-state index in [0.717, 1.165) is 19.6 Å². The van der Waals surface area contributed by atoms with Crippen molar-refractivity contribution in [3.8, 4) is 0 Å². The van der Waals surface area contributed by atoms with Gasteiger partial charge in [-0.2, -0.15) is 0 Å². The molecule has 1 saturated heterocycles. The number of fused-ring (bicyclic) bond motifs is 1. The predicted molar refractivity (Wildman–Crippen MR) is 65.8 cm³/mol. The molecular weight excluding hydrogens is 238 g/mol. The zero-order chi connectivity index (χ0) is 12.7. The van der Waals surface area contributed by atoms with Crippen molar-refractivity contribution in [3.05, 3.63) is 30.0 Å². The molecule has 2 heterocycles. The summed E-state index contributed by atoms with van der Waals surface area (Å²) in [5, 5.41) is 3.47. The first kappa shape index (κ1) is 11.5. The van der Waals surface area contributed by atoms with Crippen molar-refractivity contribution in [2.24, 2.45) is 0 Å². The molecule has 1 atom stereocenters. The van der Waals surface area contributed by atoms with E-state index in [1.165, 1.54) is 18.4 Å². The average Bonchev–Trinajstić information content (AvgIpc) is 2.84. The summed E-state index contributed by atoms with van der Waals surface area (Å²) in [7, 11) is 0. The van der Waals surface area contributed by atoms with Gasteiger partial charge in [0.05, 0.1) is 17.3 Å². The molecule has 0 aliphatic carbocycles. The molecular formula is C13H14F2N2O. The second kappa shape index (κ2) is 4.24. The molecule has 1 N–H and O–H groups in total. The molecule has 3 rings (SSSR count). The van der Waals surface area contributed by atoms with Gasteiger partial charge in [-0.15, -0.1) is 0 Å². The fourth-order valence-corrected chi connectivity index (χ4v) is 2.47. The fraction of sp³-hybridized carbons (Fsp3) is 0.385. The van der Waals surface area contributed by atoms with Crippen LogP contribution in [-0.2, 0) is 0 Å². The van der Waals surface area contributed by atoms with E-state index in [1.54, 1.807) is 0 Å². The Hall–Kier alpha value is -1.62. The molecule has 2 aromatic rings. The molecule has 1 aromatic heterocycles. The predicted octanol–water partition coefficient (Wildman–Crippen LogP) is 2.51. The van der Waals surface area contributed by atoms with Crippen LogP contribution in [0.2, 0.25) is 0 Å². The molecule has 0 radical (unpaired) electrons. The Morgan fingerprint density at radius 3 is 3.06 bits per heavy atom. The van der Waals surface area contributed by atoms with Crippen LogP contribution in [0.4, 0.5) is 14.5 Å². The maximum Gasteiger partial charge on any atom is 0.170 e. The number of rotatable bonds is 1. The van der Waals surface area contributed by atoms with Crippen LogP contribution in [0.5, 0.6) is 0 Å². The third kappa shape index (κ3) is 1.66. The summed E-state index contributed by atoms with van der Waals surface area (Å²) < 4.78 is 32.5. The molecule has 1 fully saturated rings. The Morgan fingerprint density at radius 2 is 2.28 bits per heavy atom. The van der Waals surface area contributed by atoms with E-state index in [4.69, 9.17) is 4.42 Å². The number of benzene rings is 1. The van der Waals surface area contributed by atoms with Crippen molar-refractivity contribution in [3.63, 3.8) is 0 Å². The van der Waals surface area contributed by atoms with E-state index in [2.05, 4.69) is 5.32 Å². The van der Waals surface area contributed by atoms with Gasteiger partial charge in [-0.3, -0.25) is 0 Å². The Balaban J connectivity index is 2.16. The summed E-state index contributed by atoms with van der Waals surface area (Å²) in [6, 6.07) is 2.91. The largest absolute Gasteiger partial charge is 0.462 e. The van der Waals surface area contributed by atoms with Crippen LogP contribution in [0.25, 0.3) is 11.0 Å². The smallest absolute Gasteiger partial charge is 0.170 e. The lowest BCUT2D eigenvalue weighted by Gasteiger charge is -2.35. The Labute approximate surface area is 103 Å². The Kier molecular flexibility index (Phi) is 2.70. The van der Waals surface area contributed by atoms with Crippen molar-refractivity contribution in [2.75, 3.05) is 24.5 Å². The number of piperazine rings is 1. The highest BCUT2D eigenvalue weighted by Gasteiger charge is 2.24. The Morgan fingerprint density at radius 1 is 1.44 bits per heavy atom. The minimum Gasteiger partial charge on any atom is -0.462 e. The van der Waals surface area contributed by atoms with Gasteiger partial charge in [-0.05, 0) is 13.0 Å². The van der Waals surface area contributed by atoms with E-state index < -0.39 is 11.6 Å². The molecule has 0 unspecified atom stereocenters. The molecule has 1 aliphatic rings. The number of nitrogens with one attached hydrogen (secondary N) is 1. The zero-order valence-corrected chi connectivity index (χ0v) is 10.0. The molecule has 3 nitrogen and oxygen atoms in total. The van der Waals surface area contributed by atoms with E-state index in [1.807, 2.05) is 11.8 Å². The Bertz CT molecular complexity index is 582. The standard InChI is InChI=1S/C13H14F2N2O/c1-8-7-16-3-4-17(8)11-6-10(14)12(15)9-2-5-18-13(9)11/h2,5-6,8,16H,3-4,7H2,1H3/t8-/m0/s1. The van der Waals surface area contributed by atoms with Crippen LogP contribution in [0.3, 0.4) is 0 Å². The summed E-state index contributed by atoms with van der Waals surface area (Å²) in [6.45, 7) is 4.44. The number of nitrogens with zero attached hydrogens (tertiary/aromatic N) is 1. The van der Waals surface area contributed by atoms with E-state index in [0.29, 0.717) is 11.3 Å². The maximum atomic E-state index is 13.6. The molecule has 18 heavy (non-hydrogen) atoms. The van der Waals surface area contributed by atoms with Crippen molar-refractivity contribution in [2.45, 2.75) is 13.0 Å². The number of anilines is 1. The van der Waals surface area contributed by atoms with E-state index in [9.17, 15) is 8.78 Å². The van der Waals surface area contributed by atoms with Crippen LogP contribution < -0.4 is 10.2 Å². The third-order valence-electron chi connectivity index (χ3n) is 3.42. The van der Waals surface area contributed by atoms with Crippen LogP contribution in [0.1, 0.15) is 6.92 Å². The van der Waals surface area contributed by atoms with Gasteiger partial charge in [-0.25, -0.2) is 8.78 Å². The second-order valence-electron chi connectivity index (χ2n) is 4.60. The summed E-state index contributed by atoms with van der Waals surface area (Å²) in [5.74, 6) is -1.67. The first-order valence-electron chi connectivity index (χ1n) is 6.01. The molecule has 1 aromatic carbocycles. The molecule has 5 heteroatoms. The first-order valence-corrected chi connectivity index (χ1v) is 6.01. The SMILES string of the molecule is C[C@H]1CNCCN1c1cc(F)c(F)c2ccoc12. The van der Waals surface area contributed by atoms with E-state index >= 15 is 0 Å². The summed E-state index contributed by atoms with van der Waals surface area (Å²) >= 11 is 0. The van der Waals surface area contributed by atoms with Gasteiger partial charge in [0.15, 0.2) is 17.2 Å². The number of hydrogen-bond donors (Lipinski definition) is 1. The van der Waals surface area contributed by atoms with Gasteiger partial charge < -0.3 is 14.6 Å².